The minimum atomic E-state index is -4.12. The van der Waals surface area contributed by atoms with Crippen LogP contribution in [0.3, 0.4) is 0 Å². The summed E-state index contributed by atoms with van der Waals surface area (Å²) in [6.07, 6.45) is 4.30. The third kappa shape index (κ3) is 7.93. The maximum atomic E-state index is 14.0. The van der Waals surface area contributed by atoms with Crippen LogP contribution in [0, 0.1) is 0 Å². The molecule has 2 aliphatic heterocycles. The molecule has 0 radical (unpaired) electrons. The first-order chi connectivity index (χ1) is 19.5. The fourth-order valence-corrected chi connectivity index (χ4v) is 5.13. The molecule has 0 aromatic heterocycles. The number of hydrogen-bond acceptors (Lipinski definition) is 7. The van der Waals surface area contributed by atoms with Gasteiger partial charge in [0.25, 0.3) is 0 Å². The Balaban J connectivity index is 1.43. The summed E-state index contributed by atoms with van der Waals surface area (Å²) < 4.78 is 43.0. The Morgan fingerprint density at radius 3 is 2.05 bits per heavy atom. The van der Waals surface area contributed by atoms with Crippen molar-refractivity contribution in [2.24, 2.45) is 0 Å². The number of phosphoric acid groups is 1. The van der Waals surface area contributed by atoms with Gasteiger partial charge in [0, 0.05) is 6.42 Å². The highest BCUT2D eigenvalue weighted by Crippen LogP contribution is 2.53. The van der Waals surface area contributed by atoms with E-state index < -0.39 is 7.82 Å². The number of hydrogen-bond donors (Lipinski definition) is 0. The Hall–Kier alpha value is -4.16. The van der Waals surface area contributed by atoms with E-state index in [0.29, 0.717) is 17.9 Å². The van der Waals surface area contributed by atoms with Crippen molar-refractivity contribution in [3.63, 3.8) is 0 Å². The lowest BCUT2D eigenvalue weighted by atomic mass is 10.1. The first-order valence-electron chi connectivity index (χ1n) is 12.9. The number of carbonyl (C=O) groups excluding carboxylic acids is 1. The average molecular weight is 557 g/mol. The fourth-order valence-electron chi connectivity index (χ4n) is 3.95. The van der Waals surface area contributed by atoms with Crippen LogP contribution in [0.2, 0.25) is 0 Å². The Bertz CT molecular complexity index is 1440. The van der Waals surface area contributed by atoms with Crippen LogP contribution in [0.25, 0.3) is 6.08 Å². The summed E-state index contributed by atoms with van der Waals surface area (Å²) in [5.74, 6) is 0.761. The molecule has 8 heteroatoms. The molecule has 0 atom stereocenters. The molecule has 2 heterocycles. The fraction of sp³-hybridized carbons (Fsp3) is 0.156. The second kappa shape index (κ2) is 13.3. The van der Waals surface area contributed by atoms with E-state index in [-0.39, 0.29) is 38.0 Å². The zero-order valence-electron chi connectivity index (χ0n) is 21.8. The summed E-state index contributed by atoms with van der Waals surface area (Å²) >= 11 is 0. The number of rotatable bonds is 8. The number of benzene rings is 4. The topological polar surface area (TPSA) is 80.3 Å². The molecule has 0 unspecified atom stereocenters. The molecule has 0 N–H and O–H groups in total. The van der Waals surface area contributed by atoms with Crippen molar-refractivity contribution in [1.82, 2.24) is 0 Å². The van der Waals surface area contributed by atoms with Crippen LogP contribution in [0.15, 0.2) is 109 Å². The van der Waals surface area contributed by atoms with E-state index in [1.165, 1.54) is 0 Å². The monoisotopic (exact) mass is 556 g/mol. The molecule has 0 spiro atoms. The molecular weight excluding hydrogens is 527 g/mol. The number of esters is 1. The first-order valence-corrected chi connectivity index (χ1v) is 14.4. The molecule has 4 bridgehead atoms. The molecule has 4 aromatic carbocycles. The van der Waals surface area contributed by atoms with Gasteiger partial charge in [-0.05, 0) is 59.0 Å². The van der Waals surface area contributed by atoms with Crippen LogP contribution >= 0.6 is 7.82 Å². The Morgan fingerprint density at radius 2 is 1.40 bits per heavy atom. The molecule has 0 aliphatic carbocycles. The zero-order chi connectivity index (χ0) is 27.6. The number of fused-ring (bicyclic) bond motifs is 7. The van der Waals surface area contributed by atoms with Gasteiger partial charge in [0.15, 0.2) is 11.5 Å². The Kier molecular flexibility index (Phi) is 9.09. The van der Waals surface area contributed by atoms with Crippen molar-refractivity contribution in [3.05, 3.63) is 131 Å². The molecule has 0 fully saturated rings. The lowest BCUT2D eigenvalue weighted by molar-refractivity contribution is -0.142. The van der Waals surface area contributed by atoms with E-state index in [1.807, 2.05) is 91.0 Å². The molecule has 204 valence electrons. The van der Waals surface area contributed by atoms with Crippen molar-refractivity contribution in [1.29, 1.82) is 0 Å². The number of phosphoric ester groups is 1. The second-order valence-electron chi connectivity index (χ2n) is 9.09. The highest BCUT2D eigenvalue weighted by Gasteiger charge is 2.31. The summed E-state index contributed by atoms with van der Waals surface area (Å²) in [6.45, 7) is 0.257. The lowest BCUT2D eigenvalue weighted by Gasteiger charge is -2.21. The van der Waals surface area contributed by atoms with E-state index >= 15 is 0 Å². The predicted molar refractivity (Wildman–Crippen MR) is 152 cm³/mol. The van der Waals surface area contributed by atoms with Crippen molar-refractivity contribution < 1.29 is 32.4 Å². The SMILES string of the molecule is O=C1CCc2ccc(OP(=O)(OCc3ccccc3)OCc3ccccc3)c(c2)Oc2ccc(cc2)/C=C\CO1. The van der Waals surface area contributed by atoms with E-state index in [0.717, 1.165) is 22.3 Å². The largest absolute Gasteiger partial charge is 0.530 e. The maximum Gasteiger partial charge on any atom is 0.530 e. The van der Waals surface area contributed by atoms with Crippen LogP contribution in [0.4, 0.5) is 0 Å². The summed E-state index contributed by atoms with van der Waals surface area (Å²) in [5.41, 5.74) is 3.39. The maximum absolute atomic E-state index is 14.0. The number of carbonyl (C=O) groups is 1. The van der Waals surface area contributed by atoms with Crippen LogP contribution in [-0.2, 0) is 42.8 Å². The van der Waals surface area contributed by atoms with Gasteiger partial charge in [0.05, 0.1) is 13.2 Å². The van der Waals surface area contributed by atoms with Gasteiger partial charge in [0.2, 0.25) is 0 Å². The predicted octanol–water partition coefficient (Wildman–Crippen LogP) is 7.90. The molecule has 2 aliphatic rings. The van der Waals surface area contributed by atoms with Gasteiger partial charge in [0.1, 0.15) is 12.4 Å². The lowest BCUT2D eigenvalue weighted by Crippen LogP contribution is -2.06. The van der Waals surface area contributed by atoms with Crippen molar-refractivity contribution in [3.8, 4) is 17.2 Å². The third-order valence-electron chi connectivity index (χ3n) is 6.06. The van der Waals surface area contributed by atoms with Crippen LogP contribution in [0.1, 0.15) is 28.7 Å². The van der Waals surface area contributed by atoms with Gasteiger partial charge < -0.3 is 14.0 Å². The van der Waals surface area contributed by atoms with Crippen molar-refractivity contribution in [2.45, 2.75) is 26.1 Å². The molecule has 0 saturated carbocycles. The van der Waals surface area contributed by atoms with Gasteiger partial charge in [-0.1, -0.05) is 84.9 Å². The quantitative estimate of drug-likeness (QED) is 0.161. The van der Waals surface area contributed by atoms with E-state index in [4.69, 9.17) is 23.0 Å². The van der Waals surface area contributed by atoms with Crippen molar-refractivity contribution in [2.75, 3.05) is 6.61 Å². The smallest absolute Gasteiger partial charge is 0.461 e. The summed E-state index contributed by atoms with van der Waals surface area (Å²) in [6, 6.07) is 31.3. The number of ether oxygens (including phenoxy) is 2. The molecule has 4 aromatic rings. The summed E-state index contributed by atoms with van der Waals surface area (Å²) in [4.78, 5) is 12.2. The third-order valence-corrected chi connectivity index (χ3v) is 7.37. The van der Waals surface area contributed by atoms with E-state index in [9.17, 15) is 9.36 Å². The van der Waals surface area contributed by atoms with Gasteiger partial charge in [-0.25, -0.2) is 4.57 Å². The molecule has 40 heavy (non-hydrogen) atoms. The van der Waals surface area contributed by atoms with Crippen LogP contribution < -0.4 is 9.26 Å². The van der Waals surface area contributed by atoms with E-state index in [1.54, 1.807) is 24.3 Å². The summed E-state index contributed by atoms with van der Waals surface area (Å²) in [7, 11) is -4.12. The molecule has 6 rings (SSSR count). The molecule has 7 nitrogen and oxygen atoms in total. The second-order valence-corrected chi connectivity index (χ2v) is 10.7. The molecule has 0 saturated heterocycles. The van der Waals surface area contributed by atoms with Gasteiger partial charge in [-0.3, -0.25) is 13.8 Å². The summed E-state index contributed by atoms with van der Waals surface area (Å²) in [5, 5.41) is 0. The Labute approximate surface area is 233 Å². The Morgan fingerprint density at radius 1 is 0.750 bits per heavy atom. The van der Waals surface area contributed by atoms with E-state index in [2.05, 4.69) is 0 Å². The van der Waals surface area contributed by atoms with Crippen molar-refractivity contribution >= 4 is 19.9 Å². The number of aryl methyl sites for hydroxylation is 1. The molecule has 0 amide bonds. The normalized spacial score (nSPS) is 14.3. The van der Waals surface area contributed by atoms with Gasteiger partial charge >= 0.3 is 13.8 Å². The average Bonchev–Trinajstić information content (AvgIpc) is 3.00. The minimum Gasteiger partial charge on any atom is -0.461 e. The zero-order valence-corrected chi connectivity index (χ0v) is 22.7. The highest BCUT2D eigenvalue weighted by atomic mass is 31.2. The van der Waals surface area contributed by atoms with Crippen LogP contribution in [0.5, 0.6) is 17.2 Å². The molecular formula is C32H29O7P. The van der Waals surface area contributed by atoms with Gasteiger partial charge in [-0.15, -0.1) is 0 Å². The standard InChI is InChI=1S/C32H29O7P/c33-32-20-16-26-15-19-30(31(22-26)38-29-17-13-25(14-18-29)12-7-21-35-32)39-40(34,36-23-27-8-3-1-4-9-27)37-24-28-10-5-2-6-11-28/h1-15,17-19,22H,16,20-21,23-24H2/b12-7-. The first kappa shape index (κ1) is 27.4. The van der Waals surface area contributed by atoms with Crippen LogP contribution in [-0.4, -0.2) is 12.6 Å². The van der Waals surface area contributed by atoms with Gasteiger partial charge in [-0.2, -0.15) is 0 Å². The highest BCUT2D eigenvalue weighted by molar-refractivity contribution is 7.48. The minimum absolute atomic E-state index is 0.0261.